The predicted octanol–water partition coefficient (Wildman–Crippen LogP) is 4.94. The van der Waals surface area contributed by atoms with Crippen LogP contribution >= 0.6 is 0 Å². The first-order valence-corrected chi connectivity index (χ1v) is 10.9. The van der Waals surface area contributed by atoms with Gasteiger partial charge in [0.15, 0.2) is 5.84 Å². The van der Waals surface area contributed by atoms with Gasteiger partial charge in [-0.25, -0.2) is 4.99 Å². The molecule has 144 valence electrons. The highest BCUT2D eigenvalue weighted by molar-refractivity contribution is 6.14. The number of aliphatic hydroxyl groups is 1. The Hall–Kier alpha value is -1.48. The Kier molecular flexibility index (Phi) is 4.27. The van der Waals surface area contributed by atoms with Crippen molar-refractivity contribution in [2.45, 2.75) is 77.4 Å². The molecule has 27 heavy (non-hydrogen) atoms. The zero-order valence-electron chi connectivity index (χ0n) is 16.7. The number of rotatable bonds is 5. The lowest BCUT2D eigenvalue weighted by Crippen LogP contribution is -2.46. The van der Waals surface area contributed by atoms with Gasteiger partial charge in [0.25, 0.3) is 0 Å². The number of benzene rings is 1. The van der Waals surface area contributed by atoms with Crippen molar-refractivity contribution in [3.63, 3.8) is 0 Å². The molecule has 1 heterocycles. The minimum absolute atomic E-state index is 0.0626. The molecule has 0 aromatic heterocycles. The van der Waals surface area contributed by atoms with E-state index >= 15 is 0 Å². The summed E-state index contributed by atoms with van der Waals surface area (Å²) >= 11 is 0. The lowest BCUT2D eigenvalue weighted by molar-refractivity contribution is -0.0582. The maximum Gasteiger partial charge on any atom is 0.155 e. The summed E-state index contributed by atoms with van der Waals surface area (Å²) in [6.45, 7) is 3.95. The molecule has 3 heteroatoms. The van der Waals surface area contributed by atoms with Crippen molar-refractivity contribution in [1.29, 1.82) is 0 Å². The van der Waals surface area contributed by atoms with E-state index in [1.54, 1.807) is 0 Å². The Labute approximate surface area is 163 Å². The Morgan fingerprint density at radius 1 is 1.07 bits per heavy atom. The Morgan fingerprint density at radius 3 is 2.30 bits per heavy atom. The van der Waals surface area contributed by atoms with Gasteiger partial charge >= 0.3 is 0 Å². The van der Waals surface area contributed by atoms with Crippen LogP contribution < -0.4 is 0 Å². The lowest BCUT2D eigenvalue weighted by atomic mass is 9.48. The molecule has 0 radical (unpaired) electrons. The maximum atomic E-state index is 10.3. The summed E-state index contributed by atoms with van der Waals surface area (Å²) in [7, 11) is 0. The maximum absolute atomic E-state index is 10.3. The smallest absolute Gasteiger partial charge is 0.155 e. The van der Waals surface area contributed by atoms with Crippen molar-refractivity contribution in [2.75, 3.05) is 0 Å². The Bertz CT molecular complexity index is 756. The van der Waals surface area contributed by atoms with Crippen LogP contribution in [0.15, 0.2) is 34.3 Å². The highest BCUT2D eigenvalue weighted by atomic mass is 16.3. The molecule has 4 fully saturated rings. The first kappa shape index (κ1) is 17.6. The molecular formula is C24H32N2O. The minimum Gasteiger partial charge on any atom is -0.387 e. The third-order valence-corrected chi connectivity index (χ3v) is 7.78. The molecule has 0 amide bonds. The second kappa shape index (κ2) is 6.55. The third-order valence-electron chi connectivity index (χ3n) is 7.78. The van der Waals surface area contributed by atoms with Gasteiger partial charge in [0.05, 0.1) is 17.9 Å². The van der Waals surface area contributed by atoms with E-state index < -0.39 is 6.10 Å². The van der Waals surface area contributed by atoms with Crippen LogP contribution in [-0.2, 0) is 0 Å². The van der Waals surface area contributed by atoms with Crippen molar-refractivity contribution in [2.24, 2.45) is 33.2 Å². The lowest BCUT2D eigenvalue weighted by Gasteiger charge is -2.57. The molecule has 1 aromatic rings. The molecule has 2 unspecified atom stereocenters. The Balaban J connectivity index is 1.35. The van der Waals surface area contributed by atoms with E-state index in [1.165, 1.54) is 50.5 Å². The van der Waals surface area contributed by atoms with Crippen LogP contribution in [0.1, 0.15) is 69.4 Å². The quantitative estimate of drug-likeness (QED) is 0.790. The normalized spacial score (nSPS) is 38.0. The van der Waals surface area contributed by atoms with E-state index in [4.69, 9.17) is 9.98 Å². The van der Waals surface area contributed by atoms with Crippen molar-refractivity contribution in [3.8, 4) is 0 Å². The molecule has 1 N–H and O–H groups in total. The number of nitrogens with zero attached hydrogens (tertiary/aromatic N) is 2. The summed E-state index contributed by atoms with van der Waals surface area (Å²) in [6.07, 6.45) is 10.6. The minimum atomic E-state index is -0.517. The molecule has 4 bridgehead atoms. The van der Waals surface area contributed by atoms with E-state index in [1.807, 2.05) is 13.0 Å². The SMILES string of the molecule is Cc1ccccc1C1=NC(CCC23CC4CC(CC(C4)C2)C3)C(C(C)O)=N1. The van der Waals surface area contributed by atoms with Crippen LogP contribution in [0.25, 0.3) is 0 Å². The fourth-order valence-corrected chi connectivity index (χ4v) is 7.02. The van der Waals surface area contributed by atoms with E-state index in [9.17, 15) is 5.11 Å². The highest BCUT2D eigenvalue weighted by Gasteiger charge is 2.50. The zero-order chi connectivity index (χ0) is 18.6. The average molecular weight is 365 g/mol. The van der Waals surface area contributed by atoms with Gasteiger partial charge in [-0.3, -0.25) is 4.99 Å². The van der Waals surface area contributed by atoms with Gasteiger partial charge < -0.3 is 5.11 Å². The molecule has 6 rings (SSSR count). The second-order valence-electron chi connectivity index (χ2n) is 9.95. The van der Waals surface area contributed by atoms with Gasteiger partial charge in [-0.15, -0.1) is 0 Å². The fraction of sp³-hybridized carbons (Fsp3) is 0.667. The van der Waals surface area contributed by atoms with Crippen molar-refractivity contribution in [1.82, 2.24) is 0 Å². The van der Waals surface area contributed by atoms with Gasteiger partial charge in [0.1, 0.15) is 0 Å². The van der Waals surface area contributed by atoms with E-state index in [2.05, 4.69) is 25.1 Å². The summed E-state index contributed by atoms with van der Waals surface area (Å²) < 4.78 is 0. The van der Waals surface area contributed by atoms with Crippen LogP contribution in [0.5, 0.6) is 0 Å². The molecule has 5 aliphatic rings. The monoisotopic (exact) mass is 364 g/mol. The zero-order valence-corrected chi connectivity index (χ0v) is 16.7. The summed E-state index contributed by atoms with van der Waals surface area (Å²) in [6, 6.07) is 8.37. The largest absolute Gasteiger partial charge is 0.387 e. The van der Waals surface area contributed by atoms with Gasteiger partial charge in [0, 0.05) is 5.56 Å². The molecule has 4 saturated carbocycles. The standard InChI is InChI=1S/C24H32N2O/c1-15-5-3-4-6-20(15)23-25-21(22(26-23)16(2)27)7-8-24-12-17-9-18(13-24)11-19(10-17)14-24/h3-6,16-19,21,27H,7-14H2,1-2H3. The molecular weight excluding hydrogens is 332 g/mol. The molecule has 2 atom stereocenters. The Morgan fingerprint density at radius 2 is 1.70 bits per heavy atom. The summed E-state index contributed by atoms with van der Waals surface area (Å²) in [5, 5.41) is 10.3. The number of aliphatic imine (C=N–C) groups is 2. The van der Waals surface area contributed by atoms with Crippen LogP contribution in [-0.4, -0.2) is 28.8 Å². The van der Waals surface area contributed by atoms with Gasteiger partial charge in [-0.1, -0.05) is 24.3 Å². The van der Waals surface area contributed by atoms with Crippen LogP contribution in [0.4, 0.5) is 0 Å². The predicted molar refractivity (Wildman–Crippen MR) is 110 cm³/mol. The first-order valence-electron chi connectivity index (χ1n) is 10.9. The summed E-state index contributed by atoms with van der Waals surface area (Å²) in [5.41, 5.74) is 3.75. The number of aliphatic hydroxyl groups excluding tert-OH is 1. The molecule has 0 saturated heterocycles. The van der Waals surface area contributed by atoms with Gasteiger partial charge in [-0.2, -0.15) is 0 Å². The number of hydrogen-bond donors (Lipinski definition) is 1. The molecule has 0 spiro atoms. The first-order chi connectivity index (χ1) is 13.0. The number of amidine groups is 1. The van der Waals surface area contributed by atoms with Crippen molar-refractivity contribution < 1.29 is 5.11 Å². The van der Waals surface area contributed by atoms with E-state index in [-0.39, 0.29) is 6.04 Å². The molecule has 1 aliphatic heterocycles. The van der Waals surface area contributed by atoms with Crippen molar-refractivity contribution in [3.05, 3.63) is 35.4 Å². The highest BCUT2D eigenvalue weighted by Crippen LogP contribution is 2.61. The number of aryl methyl sites for hydroxylation is 1. The average Bonchev–Trinajstić information content (AvgIpc) is 3.04. The van der Waals surface area contributed by atoms with Crippen LogP contribution in [0.2, 0.25) is 0 Å². The van der Waals surface area contributed by atoms with Gasteiger partial charge in [-0.05, 0) is 93.9 Å². The van der Waals surface area contributed by atoms with Gasteiger partial charge in [0.2, 0.25) is 0 Å². The fourth-order valence-electron chi connectivity index (χ4n) is 7.02. The number of hydrogen-bond acceptors (Lipinski definition) is 3. The van der Waals surface area contributed by atoms with Crippen molar-refractivity contribution >= 4 is 11.5 Å². The summed E-state index contributed by atoms with van der Waals surface area (Å²) in [5.74, 6) is 3.81. The molecule has 3 nitrogen and oxygen atoms in total. The van der Waals surface area contributed by atoms with Crippen LogP contribution in [0.3, 0.4) is 0 Å². The van der Waals surface area contributed by atoms with Crippen LogP contribution in [0, 0.1) is 30.1 Å². The van der Waals surface area contributed by atoms with E-state index in [0.717, 1.165) is 41.3 Å². The molecule has 1 aromatic carbocycles. The third kappa shape index (κ3) is 3.18. The summed E-state index contributed by atoms with van der Waals surface area (Å²) in [4.78, 5) is 9.77. The topological polar surface area (TPSA) is 45.0 Å². The molecule has 4 aliphatic carbocycles. The van der Waals surface area contributed by atoms with E-state index in [0.29, 0.717) is 5.41 Å². The second-order valence-corrected chi connectivity index (χ2v) is 9.95.